The van der Waals surface area contributed by atoms with E-state index in [9.17, 15) is 14.7 Å². The van der Waals surface area contributed by atoms with Gasteiger partial charge in [0.25, 0.3) is 0 Å². The van der Waals surface area contributed by atoms with Crippen LogP contribution < -0.4 is 19.5 Å². The second-order valence-electron chi connectivity index (χ2n) is 10.6. The molecule has 8 nitrogen and oxygen atoms in total. The van der Waals surface area contributed by atoms with E-state index in [0.717, 1.165) is 52.3 Å². The Balaban J connectivity index is 1.46. The third kappa shape index (κ3) is 6.37. The molecule has 5 rings (SSSR count). The predicted octanol–water partition coefficient (Wildman–Crippen LogP) is 5.76. The lowest BCUT2D eigenvalue weighted by Gasteiger charge is -2.27. The number of nitrogens with one attached hydrogen (secondary N) is 1. The van der Waals surface area contributed by atoms with Gasteiger partial charge in [0.15, 0.2) is 11.5 Å². The zero-order valence-electron chi connectivity index (χ0n) is 24.3. The van der Waals surface area contributed by atoms with E-state index in [2.05, 4.69) is 19.2 Å². The molecular formula is C33H38N2O6S. The maximum Gasteiger partial charge on any atom is 0.309 e. The van der Waals surface area contributed by atoms with Crippen LogP contribution in [0, 0.1) is 5.92 Å². The van der Waals surface area contributed by atoms with Crippen molar-refractivity contribution in [1.29, 1.82) is 0 Å². The van der Waals surface area contributed by atoms with Crippen molar-refractivity contribution in [3.63, 3.8) is 0 Å². The fraction of sp³-hybridized carbons (Fsp3) is 0.394. The fourth-order valence-corrected chi connectivity index (χ4v) is 6.29. The number of benzene rings is 3. The number of thioether (sulfide) groups is 1. The van der Waals surface area contributed by atoms with Crippen molar-refractivity contribution in [2.75, 3.05) is 43.8 Å². The number of para-hydroxylation sites is 1. The number of fused-ring (bicyclic) bond motifs is 1. The molecule has 3 aromatic rings. The standard InChI is InChI=1S/C33H38N2O6S/c1-4-21-7-6-8-22(5-2)31(21)34-29(36)19-35-18-26(24-11-14-27-28(17-24)41-20-40-27)30(33(37)38)32(35)23-9-12-25(13-10-23)39-15-16-42-3/h6-14,17,26,30,32H,4-5,15-16,18-20H2,1-3H3,(H,34,36)(H,37,38)/t26-,30-,32+/m1/s1. The number of carboxylic acids is 1. The fourth-order valence-electron chi connectivity index (χ4n) is 6.04. The molecule has 0 unspecified atom stereocenters. The van der Waals surface area contributed by atoms with Gasteiger partial charge in [-0.3, -0.25) is 14.5 Å². The van der Waals surface area contributed by atoms with Crippen LogP contribution in [0.15, 0.2) is 60.7 Å². The van der Waals surface area contributed by atoms with E-state index in [-0.39, 0.29) is 25.2 Å². The van der Waals surface area contributed by atoms with Gasteiger partial charge in [-0.05, 0) is 65.6 Å². The van der Waals surface area contributed by atoms with Gasteiger partial charge >= 0.3 is 5.97 Å². The molecule has 0 spiro atoms. The number of aliphatic carboxylic acids is 1. The third-order valence-corrected chi connectivity index (χ3v) is 8.67. The Morgan fingerprint density at radius 1 is 1.00 bits per heavy atom. The number of carboxylic acid groups (broad SMARTS) is 1. The van der Waals surface area contributed by atoms with Gasteiger partial charge in [-0.1, -0.05) is 50.2 Å². The van der Waals surface area contributed by atoms with Crippen molar-refractivity contribution in [3.8, 4) is 17.2 Å². The first-order valence-electron chi connectivity index (χ1n) is 14.4. The quantitative estimate of drug-likeness (QED) is 0.257. The number of hydrogen-bond donors (Lipinski definition) is 2. The van der Waals surface area contributed by atoms with Crippen LogP contribution in [-0.4, -0.2) is 60.4 Å². The van der Waals surface area contributed by atoms with Crippen LogP contribution in [0.3, 0.4) is 0 Å². The molecule has 0 saturated carbocycles. The number of nitrogens with zero attached hydrogens (tertiary/aromatic N) is 1. The van der Waals surface area contributed by atoms with Crippen LogP contribution in [-0.2, 0) is 22.4 Å². The number of rotatable bonds is 12. The highest BCUT2D eigenvalue weighted by atomic mass is 32.2. The molecule has 1 fully saturated rings. The summed E-state index contributed by atoms with van der Waals surface area (Å²) in [5.41, 5.74) is 4.70. The molecule has 3 aromatic carbocycles. The van der Waals surface area contributed by atoms with Crippen molar-refractivity contribution in [2.45, 2.75) is 38.6 Å². The molecule has 1 amide bonds. The average Bonchev–Trinajstić information content (AvgIpc) is 3.62. The Labute approximate surface area is 251 Å². The Hall–Kier alpha value is -3.69. The molecule has 2 aliphatic rings. The van der Waals surface area contributed by atoms with Crippen LogP contribution in [0.1, 0.15) is 48.1 Å². The monoisotopic (exact) mass is 590 g/mol. The minimum Gasteiger partial charge on any atom is -0.493 e. The molecule has 1 saturated heterocycles. The highest BCUT2D eigenvalue weighted by Gasteiger charge is 2.48. The zero-order chi connectivity index (χ0) is 29.6. The SMILES string of the molecule is CCc1cccc(CC)c1NC(=O)CN1C[C@H](c2ccc3c(c2)OCO3)[C@@H](C(=O)O)[C@@H]1c1ccc(OCCSC)cc1. The largest absolute Gasteiger partial charge is 0.493 e. The summed E-state index contributed by atoms with van der Waals surface area (Å²) >= 11 is 1.71. The van der Waals surface area contributed by atoms with E-state index < -0.39 is 17.9 Å². The molecule has 42 heavy (non-hydrogen) atoms. The minimum atomic E-state index is -0.907. The highest BCUT2D eigenvalue weighted by Crippen LogP contribution is 2.47. The van der Waals surface area contributed by atoms with Crippen LogP contribution >= 0.6 is 11.8 Å². The lowest BCUT2D eigenvalue weighted by Crippen LogP contribution is -2.35. The molecule has 0 bridgehead atoms. The summed E-state index contributed by atoms with van der Waals surface area (Å²) in [6, 6.07) is 18.8. The summed E-state index contributed by atoms with van der Waals surface area (Å²) in [4.78, 5) is 28.5. The number of likely N-dealkylation sites (tertiary alicyclic amines) is 1. The van der Waals surface area contributed by atoms with E-state index in [1.165, 1.54) is 0 Å². The normalized spacial score (nSPS) is 19.5. The summed E-state index contributed by atoms with van der Waals surface area (Å²) in [7, 11) is 0. The second kappa shape index (κ2) is 13.5. The first-order valence-corrected chi connectivity index (χ1v) is 15.8. The van der Waals surface area contributed by atoms with E-state index >= 15 is 0 Å². The van der Waals surface area contributed by atoms with E-state index in [0.29, 0.717) is 24.7 Å². The average molecular weight is 591 g/mol. The van der Waals surface area contributed by atoms with Gasteiger partial charge in [-0.2, -0.15) is 11.8 Å². The van der Waals surface area contributed by atoms with Gasteiger partial charge in [0.1, 0.15) is 5.75 Å². The van der Waals surface area contributed by atoms with Crippen molar-refractivity contribution in [3.05, 3.63) is 82.9 Å². The lowest BCUT2D eigenvalue weighted by molar-refractivity contribution is -0.143. The topological polar surface area (TPSA) is 97.3 Å². The van der Waals surface area contributed by atoms with Gasteiger partial charge < -0.3 is 24.6 Å². The smallest absolute Gasteiger partial charge is 0.309 e. The van der Waals surface area contributed by atoms with Gasteiger partial charge in [0.2, 0.25) is 12.7 Å². The van der Waals surface area contributed by atoms with E-state index in [1.54, 1.807) is 11.8 Å². The van der Waals surface area contributed by atoms with Crippen molar-refractivity contribution >= 4 is 29.3 Å². The minimum absolute atomic E-state index is 0.0582. The number of anilines is 1. The summed E-state index contributed by atoms with van der Waals surface area (Å²) in [6.45, 7) is 5.34. The number of carbonyl (C=O) groups is 2. The maximum absolute atomic E-state index is 13.6. The molecule has 2 N–H and O–H groups in total. The van der Waals surface area contributed by atoms with Gasteiger partial charge in [0, 0.05) is 29.9 Å². The van der Waals surface area contributed by atoms with Gasteiger partial charge in [0.05, 0.1) is 19.1 Å². The van der Waals surface area contributed by atoms with Crippen molar-refractivity contribution in [1.82, 2.24) is 4.90 Å². The first-order chi connectivity index (χ1) is 20.4. The zero-order valence-corrected chi connectivity index (χ0v) is 25.1. The number of ether oxygens (including phenoxy) is 3. The Kier molecular flexibility index (Phi) is 9.59. The lowest BCUT2D eigenvalue weighted by atomic mass is 9.82. The van der Waals surface area contributed by atoms with Crippen LogP contribution in [0.25, 0.3) is 0 Å². The van der Waals surface area contributed by atoms with Crippen LogP contribution in [0.2, 0.25) is 0 Å². The molecule has 0 aromatic heterocycles. The summed E-state index contributed by atoms with van der Waals surface area (Å²) in [5, 5.41) is 13.7. The number of aryl methyl sites for hydroxylation is 2. The molecule has 9 heteroatoms. The van der Waals surface area contributed by atoms with Crippen LogP contribution in [0.4, 0.5) is 5.69 Å². The molecule has 2 heterocycles. The van der Waals surface area contributed by atoms with Gasteiger partial charge in [-0.25, -0.2) is 0 Å². The predicted molar refractivity (Wildman–Crippen MR) is 165 cm³/mol. The Bertz CT molecular complexity index is 1390. The molecular weight excluding hydrogens is 552 g/mol. The molecule has 0 radical (unpaired) electrons. The van der Waals surface area contributed by atoms with Gasteiger partial charge in [-0.15, -0.1) is 0 Å². The summed E-state index contributed by atoms with van der Waals surface area (Å²) in [5.74, 6) is 0.661. The molecule has 222 valence electrons. The van der Waals surface area contributed by atoms with Crippen molar-refractivity contribution < 1.29 is 28.9 Å². The molecule has 2 aliphatic heterocycles. The van der Waals surface area contributed by atoms with E-state index in [1.807, 2.05) is 71.8 Å². The number of amides is 1. The second-order valence-corrected chi connectivity index (χ2v) is 11.6. The number of hydrogen-bond acceptors (Lipinski definition) is 7. The summed E-state index contributed by atoms with van der Waals surface area (Å²) in [6.07, 6.45) is 3.63. The maximum atomic E-state index is 13.6. The highest BCUT2D eigenvalue weighted by molar-refractivity contribution is 7.98. The summed E-state index contributed by atoms with van der Waals surface area (Å²) < 4.78 is 16.9. The third-order valence-electron chi connectivity index (χ3n) is 8.10. The molecule has 0 aliphatic carbocycles. The number of carbonyl (C=O) groups excluding carboxylic acids is 1. The molecule has 3 atom stereocenters. The van der Waals surface area contributed by atoms with E-state index in [4.69, 9.17) is 14.2 Å². The first kappa shape index (κ1) is 29.8. The Morgan fingerprint density at radius 3 is 2.36 bits per heavy atom. The Morgan fingerprint density at radius 2 is 1.69 bits per heavy atom. The van der Waals surface area contributed by atoms with Crippen molar-refractivity contribution in [2.24, 2.45) is 5.92 Å². The van der Waals surface area contributed by atoms with Crippen LogP contribution in [0.5, 0.6) is 17.2 Å².